The van der Waals surface area contributed by atoms with E-state index in [4.69, 9.17) is 16.0 Å². The highest BCUT2D eigenvalue weighted by Crippen LogP contribution is 2.26. The molecule has 3 heterocycles. The van der Waals surface area contributed by atoms with E-state index in [1.54, 1.807) is 12.3 Å². The van der Waals surface area contributed by atoms with Crippen molar-refractivity contribution in [1.82, 2.24) is 29.8 Å². The van der Waals surface area contributed by atoms with Gasteiger partial charge in [0, 0.05) is 18.8 Å². The topological polar surface area (TPSA) is 74.6 Å². The quantitative estimate of drug-likeness (QED) is 0.460. The molecule has 0 unspecified atom stereocenters. The van der Waals surface area contributed by atoms with E-state index in [1.807, 2.05) is 64.8 Å². The van der Waals surface area contributed by atoms with Crippen LogP contribution in [0.1, 0.15) is 5.56 Å². The van der Waals surface area contributed by atoms with Gasteiger partial charge in [0.2, 0.25) is 5.89 Å². The maximum atomic E-state index is 6.03. The highest BCUT2D eigenvalue weighted by Gasteiger charge is 2.14. The Morgan fingerprint density at radius 3 is 2.54 bits per heavy atom. The molecule has 5 aromatic rings. The summed E-state index contributed by atoms with van der Waals surface area (Å²) >= 11 is 6.03. The molecule has 28 heavy (non-hydrogen) atoms. The minimum atomic E-state index is 0.433. The molecule has 0 saturated heterocycles. The maximum Gasteiger partial charge on any atom is 0.264 e. The van der Waals surface area contributed by atoms with Gasteiger partial charge in [0.05, 0.1) is 17.1 Å². The number of hydrogen-bond donors (Lipinski definition) is 0. The van der Waals surface area contributed by atoms with E-state index in [-0.39, 0.29) is 0 Å². The van der Waals surface area contributed by atoms with E-state index in [1.165, 1.54) is 0 Å². The molecule has 3 aromatic heterocycles. The maximum absolute atomic E-state index is 6.03. The van der Waals surface area contributed by atoms with Gasteiger partial charge in [0.25, 0.3) is 5.89 Å². The number of hydrogen-bond acceptors (Lipinski definition) is 5. The van der Waals surface area contributed by atoms with Crippen molar-refractivity contribution in [1.29, 1.82) is 0 Å². The van der Waals surface area contributed by atoms with Crippen molar-refractivity contribution in [2.75, 3.05) is 0 Å². The van der Waals surface area contributed by atoms with Gasteiger partial charge in [-0.15, -0.1) is 15.3 Å². The molecule has 8 heteroatoms. The van der Waals surface area contributed by atoms with E-state index < -0.39 is 0 Å². The molecule has 0 amide bonds. The zero-order chi connectivity index (χ0) is 19.1. The van der Waals surface area contributed by atoms with Crippen LogP contribution in [0.15, 0.2) is 65.2 Å². The molecule has 0 N–H and O–H groups in total. The second kappa shape index (κ2) is 6.61. The first-order valence-electron chi connectivity index (χ1n) is 8.71. The number of benzene rings is 2. The predicted molar refractivity (Wildman–Crippen MR) is 106 cm³/mol. The van der Waals surface area contributed by atoms with Gasteiger partial charge in [-0.25, -0.2) is 4.68 Å². The molecule has 0 saturated carbocycles. The fraction of sp³-hybridized carbons (Fsp3) is 0.100. The van der Waals surface area contributed by atoms with Crippen molar-refractivity contribution in [3.8, 4) is 23.0 Å². The number of aryl methyl sites for hydroxylation is 1. The number of nitrogens with zero attached hydrogens (tertiary/aromatic N) is 6. The molecule has 0 aliphatic heterocycles. The van der Waals surface area contributed by atoms with Crippen molar-refractivity contribution >= 4 is 22.6 Å². The predicted octanol–water partition coefficient (Wildman–Crippen LogP) is 4.19. The van der Waals surface area contributed by atoms with Gasteiger partial charge in [0.15, 0.2) is 0 Å². The molecule has 0 spiro atoms. The first-order chi connectivity index (χ1) is 13.7. The van der Waals surface area contributed by atoms with Crippen LogP contribution < -0.4 is 0 Å². The number of rotatable bonds is 4. The molecule has 5 rings (SSSR count). The molecule has 0 atom stereocenters. The summed E-state index contributed by atoms with van der Waals surface area (Å²) in [5.74, 6) is 0.896. The lowest BCUT2D eigenvalue weighted by molar-refractivity contribution is 0.578. The van der Waals surface area contributed by atoms with Gasteiger partial charge in [-0.3, -0.25) is 0 Å². The summed E-state index contributed by atoms with van der Waals surface area (Å²) in [5, 5.41) is 17.3. The molecular formula is C20H15ClN6O. The molecule has 2 aromatic carbocycles. The Labute approximate surface area is 165 Å². The van der Waals surface area contributed by atoms with Crippen molar-refractivity contribution in [2.24, 2.45) is 7.05 Å². The van der Waals surface area contributed by atoms with Crippen LogP contribution in [0.3, 0.4) is 0 Å². The van der Waals surface area contributed by atoms with Crippen molar-refractivity contribution in [3.63, 3.8) is 0 Å². The highest BCUT2D eigenvalue weighted by molar-refractivity contribution is 6.30. The van der Waals surface area contributed by atoms with E-state index in [2.05, 4.69) is 20.5 Å². The lowest BCUT2D eigenvalue weighted by atomic mass is 10.1. The van der Waals surface area contributed by atoms with Gasteiger partial charge in [0.1, 0.15) is 11.2 Å². The molecule has 0 radical (unpaired) electrons. The Balaban J connectivity index is 1.39. The van der Waals surface area contributed by atoms with Gasteiger partial charge in [-0.05, 0) is 35.9 Å². The molecule has 138 valence electrons. The van der Waals surface area contributed by atoms with Crippen LogP contribution in [0.25, 0.3) is 34.1 Å². The zero-order valence-corrected chi connectivity index (χ0v) is 15.7. The smallest absolute Gasteiger partial charge is 0.264 e. The summed E-state index contributed by atoms with van der Waals surface area (Å²) in [6.45, 7) is 0.637. The third-order valence-electron chi connectivity index (χ3n) is 4.57. The van der Waals surface area contributed by atoms with Crippen molar-refractivity contribution in [3.05, 3.63) is 71.4 Å². The largest absolute Gasteiger partial charge is 0.415 e. The lowest BCUT2D eigenvalue weighted by Gasteiger charge is -2.03. The second-order valence-corrected chi connectivity index (χ2v) is 6.94. The summed E-state index contributed by atoms with van der Waals surface area (Å²) in [7, 11) is 1.88. The Morgan fingerprint density at radius 2 is 1.75 bits per heavy atom. The van der Waals surface area contributed by atoms with Crippen molar-refractivity contribution < 1.29 is 4.42 Å². The summed E-state index contributed by atoms with van der Waals surface area (Å²) in [5.41, 5.74) is 4.63. The molecule has 0 aliphatic carbocycles. The molecule has 0 bridgehead atoms. The minimum Gasteiger partial charge on any atom is -0.415 e. The Bertz CT molecular complexity index is 1270. The summed E-state index contributed by atoms with van der Waals surface area (Å²) < 4.78 is 9.56. The van der Waals surface area contributed by atoms with Gasteiger partial charge in [-0.1, -0.05) is 41.1 Å². The normalized spacial score (nSPS) is 11.4. The average Bonchev–Trinajstić information content (AvgIpc) is 3.42. The van der Waals surface area contributed by atoms with Gasteiger partial charge >= 0.3 is 0 Å². The Kier molecular flexibility index (Phi) is 3.95. The van der Waals surface area contributed by atoms with Crippen LogP contribution in [0.5, 0.6) is 0 Å². The van der Waals surface area contributed by atoms with Crippen LogP contribution in [0, 0.1) is 0 Å². The van der Waals surface area contributed by atoms with Crippen LogP contribution in [0.2, 0.25) is 5.02 Å². The zero-order valence-electron chi connectivity index (χ0n) is 15.0. The van der Waals surface area contributed by atoms with E-state index >= 15 is 0 Å². The molecular weight excluding hydrogens is 376 g/mol. The third kappa shape index (κ3) is 2.95. The summed E-state index contributed by atoms with van der Waals surface area (Å²) in [6.07, 6.45) is 1.80. The van der Waals surface area contributed by atoms with E-state index in [9.17, 15) is 0 Å². The van der Waals surface area contributed by atoms with Gasteiger partial charge < -0.3 is 8.98 Å². The molecule has 0 fully saturated rings. The average molecular weight is 391 g/mol. The standard InChI is InChI=1S/C20H15ClN6O/c1-26-12-15(21)10-18(26)20-24-23-19(28-20)14-8-6-13(7-9-14)11-27-17-5-3-2-4-16(17)22-25-27/h2-10,12H,11H2,1H3. The monoisotopic (exact) mass is 390 g/mol. The summed E-state index contributed by atoms with van der Waals surface area (Å²) in [6, 6.07) is 17.7. The Morgan fingerprint density at radius 1 is 0.964 bits per heavy atom. The lowest BCUT2D eigenvalue weighted by Crippen LogP contribution is -2.01. The third-order valence-corrected chi connectivity index (χ3v) is 4.78. The van der Waals surface area contributed by atoms with Crippen LogP contribution in [0.4, 0.5) is 0 Å². The number of para-hydroxylation sites is 1. The summed E-state index contributed by atoms with van der Waals surface area (Å²) in [4.78, 5) is 0. The molecule has 7 nitrogen and oxygen atoms in total. The van der Waals surface area contributed by atoms with Crippen molar-refractivity contribution in [2.45, 2.75) is 6.54 Å². The SMILES string of the molecule is Cn1cc(Cl)cc1-c1nnc(-c2ccc(Cn3nnc4ccccc43)cc2)o1. The fourth-order valence-corrected chi connectivity index (χ4v) is 3.39. The van der Waals surface area contributed by atoms with Crippen LogP contribution >= 0.6 is 11.6 Å². The Hall–Kier alpha value is -3.45. The fourth-order valence-electron chi connectivity index (χ4n) is 3.14. The van der Waals surface area contributed by atoms with Gasteiger partial charge in [-0.2, -0.15) is 0 Å². The highest BCUT2D eigenvalue weighted by atomic mass is 35.5. The van der Waals surface area contributed by atoms with Crippen LogP contribution in [-0.4, -0.2) is 29.8 Å². The second-order valence-electron chi connectivity index (χ2n) is 6.50. The number of halogens is 1. The minimum absolute atomic E-state index is 0.433. The first-order valence-corrected chi connectivity index (χ1v) is 9.08. The van der Waals surface area contributed by atoms with E-state index in [0.717, 1.165) is 27.9 Å². The van der Waals surface area contributed by atoms with E-state index in [0.29, 0.717) is 23.3 Å². The van der Waals surface area contributed by atoms with Crippen LogP contribution in [-0.2, 0) is 13.6 Å². The first kappa shape index (κ1) is 16.7. The molecule has 0 aliphatic rings. The number of fused-ring (bicyclic) bond motifs is 1. The number of aromatic nitrogens is 6.